The number of phenolic OH excluding ortho intramolecular Hbond substituents is 1. The van der Waals surface area contributed by atoms with Crippen molar-refractivity contribution >= 4 is 33.6 Å². The first-order valence-electron chi connectivity index (χ1n) is 15.7. The summed E-state index contributed by atoms with van der Waals surface area (Å²) in [6.07, 6.45) is 6.64. The number of pyridine rings is 1. The molecule has 0 spiro atoms. The van der Waals surface area contributed by atoms with Crippen molar-refractivity contribution in [3.8, 4) is 23.0 Å². The van der Waals surface area contributed by atoms with E-state index in [0.717, 1.165) is 64.8 Å². The summed E-state index contributed by atoms with van der Waals surface area (Å²) in [7, 11) is 0. The summed E-state index contributed by atoms with van der Waals surface area (Å²) in [4.78, 5) is 19.4. The van der Waals surface area contributed by atoms with Gasteiger partial charge in [0.15, 0.2) is 5.82 Å². The van der Waals surface area contributed by atoms with E-state index in [1.807, 2.05) is 0 Å². The molecule has 0 radical (unpaired) electrons. The predicted octanol–water partition coefficient (Wildman–Crippen LogP) is 5.76. The van der Waals surface area contributed by atoms with Crippen molar-refractivity contribution in [1.82, 2.24) is 25.2 Å². The molecule has 6 heterocycles. The van der Waals surface area contributed by atoms with E-state index in [1.54, 1.807) is 6.07 Å². The van der Waals surface area contributed by atoms with Crippen molar-refractivity contribution in [3.05, 3.63) is 53.7 Å². The van der Waals surface area contributed by atoms with Gasteiger partial charge in [-0.1, -0.05) is 25.6 Å². The lowest BCUT2D eigenvalue weighted by molar-refractivity contribution is 0.108. The maximum Gasteiger partial charge on any atom is 0.319 e. The maximum atomic E-state index is 17.0. The van der Waals surface area contributed by atoms with Gasteiger partial charge in [0.1, 0.15) is 35.2 Å². The van der Waals surface area contributed by atoms with E-state index in [2.05, 4.69) is 28.6 Å². The SMILES string of the molecule is C=Cc1c(F)ccc2cc(O)cc(-c3nc4c5c(nc(OCC67CCCN6CCC7)nc5c3F)N3CCNCC3C[C@H]4C)c12. The van der Waals surface area contributed by atoms with E-state index in [4.69, 9.17) is 19.7 Å². The highest BCUT2D eigenvalue weighted by atomic mass is 19.1. The Morgan fingerprint density at radius 1 is 1.11 bits per heavy atom. The van der Waals surface area contributed by atoms with Crippen LogP contribution in [0.5, 0.6) is 11.8 Å². The number of phenols is 1. The molecule has 0 bridgehead atoms. The van der Waals surface area contributed by atoms with E-state index in [-0.39, 0.29) is 51.6 Å². The molecule has 44 heavy (non-hydrogen) atoms. The number of hydrogen-bond donors (Lipinski definition) is 2. The fourth-order valence-corrected chi connectivity index (χ4v) is 8.24. The van der Waals surface area contributed by atoms with Gasteiger partial charge in [-0.15, -0.1) is 0 Å². The first-order valence-corrected chi connectivity index (χ1v) is 15.7. The summed E-state index contributed by atoms with van der Waals surface area (Å²) in [5.74, 6) is -0.583. The van der Waals surface area contributed by atoms with E-state index in [9.17, 15) is 5.11 Å². The zero-order valence-corrected chi connectivity index (χ0v) is 24.9. The molecule has 10 heteroatoms. The summed E-state index contributed by atoms with van der Waals surface area (Å²) in [6, 6.07) is 6.18. The molecule has 8 rings (SSSR count). The molecule has 1 unspecified atom stereocenters. The number of nitrogens with one attached hydrogen (secondary N) is 1. The van der Waals surface area contributed by atoms with Crippen LogP contribution < -0.4 is 15.0 Å². The van der Waals surface area contributed by atoms with Crippen LogP contribution >= 0.6 is 0 Å². The summed E-state index contributed by atoms with van der Waals surface area (Å²) in [6.45, 7) is 10.8. The first-order chi connectivity index (χ1) is 21.4. The third-order valence-corrected chi connectivity index (χ3v) is 10.3. The lowest BCUT2D eigenvalue weighted by atomic mass is 9.93. The normalized spacial score (nSPS) is 22.7. The summed E-state index contributed by atoms with van der Waals surface area (Å²) in [5.41, 5.74) is 1.34. The van der Waals surface area contributed by atoms with Crippen LogP contribution in [0.1, 0.15) is 56.2 Å². The molecular weight excluding hydrogens is 562 g/mol. The fraction of sp³-hybridized carbons (Fsp3) is 0.441. The number of anilines is 1. The van der Waals surface area contributed by atoms with Gasteiger partial charge in [-0.2, -0.15) is 9.97 Å². The van der Waals surface area contributed by atoms with Crippen LogP contribution in [0, 0.1) is 11.6 Å². The quantitative estimate of drug-likeness (QED) is 0.300. The first kappa shape index (κ1) is 27.6. The molecule has 2 aromatic carbocycles. The fourth-order valence-electron chi connectivity index (χ4n) is 8.24. The largest absolute Gasteiger partial charge is 0.508 e. The van der Waals surface area contributed by atoms with Gasteiger partial charge in [0.2, 0.25) is 0 Å². The number of nitrogens with zero attached hydrogens (tertiary/aromatic N) is 5. The lowest BCUT2D eigenvalue weighted by Gasteiger charge is -2.37. The molecule has 0 saturated carbocycles. The van der Waals surface area contributed by atoms with Gasteiger partial charge >= 0.3 is 6.01 Å². The van der Waals surface area contributed by atoms with E-state index in [0.29, 0.717) is 34.3 Å². The van der Waals surface area contributed by atoms with Crippen LogP contribution in [0.2, 0.25) is 0 Å². The topological polar surface area (TPSA) is 86.6 Å². The van der Waals surface area contributed by atoms with Crippen molar-refractivity contribution in [2.75, 3.05) is 44.2 Å². The summed E-state index contributed by atoms with van der Waals surface area (Å²) < 4.78 is 38.5. The third-order valence-electron chi connectivity index (χ3n) is 10.3. The van der Waals surface area contributed by atoms with E-state index < -0.39 is 11.6 Å². The van der Waals surface area contributed by atoms with Crippen LogP contribution in [0.3, 0.4) is 0 Å². The van der Waals surface area contributed by atoms with Gasteiger partial charge in [0, 0.05) is 48.1 Å². The molecule has 0 aliphatic carbocycles. The molecule has 4 aliphatic heterocycles. The van der Waals surface area contributed by atoms with Crippen LogP contribution in [-0.2, 0) is 0 Å². The number of aromatic hydroxyl groups is 1. The minimum atomic E-state index is -0.647. The van der Waals surface area contributed by atoms with Crippen molar-refractivity contribution in [1.29, 1.82) is 0 Å². The molecule has 2 N–H and O–H groups in total. The number of benzene rings is 2. The van der Waals surface area contributed by atoms with E-state index >= 15 is 8.78 Å². The van der Waals surface area contributed by atoms with Crippen LogP contribution in [0.4, 0.5) is 14.6 Å². The number of halogens is 2. The highest BCUT2D eigenvalue weighted by molar-refractivity contribution is 6.04. The number of hydrogen-bond acceptors (Lipinski definition) is 8. The Morgan fingerprint density at radius 2 is 1.93 bits per heavy atom. The van der Waals surface area contributed by atoms with E-state index in [1.165, 1.54) is 24.3 Å². The molecule has 3 saturated heterocycles. The number of fused-ring (bicyclic) bond motifs is 4. The molecule has 2 atom stereocenters. The number of rotatable bonds is 5. The highest BCUT2D eigenvalue weighted by Crippen LogP contribution is 2.45. The van der Waals surface area contributed by atoms with Crippen LogP contribution in [0.15, 0.2) is 30.8 Å². The third kappa shape index (κ3) is 4.18. The zero-order valence-electron chi connectivity index (χ0n) is 24.9. The van der Waals surface area contributed by atoms with Gasteiger partial charge in [-0.05, 0) is 68.8 Å². The number of ether oxygens (including phenoxy) is 1. The monoisotopic (exact) mass is 598 g/mol. The Morgan fingerprint density at radius 3 is 2.73 bits per heavy atom. The Labute approximate surface area is 254 Å². The Bertz CT molecular complexity index is 1820. The predicted molar refractivity (Wildman–Crippen MR) is 167 cm³/mol. The van der Waals surface area contributed by atoms with Crippen LogP contribution in [0.25, 0.3) is 39.0 Å². The van der Waals surface area contributed by atoms with Gasteiger partial charge in [0.25, 0.3) is 0 Å². The van der Waals surface area contributed by atoms with Gasteiger partial charge in [0.05, 0.1) is 16.6 Å². The second kappa shape index (κ2) is 10.3. The molecule has 0 amide bonds. The average molecular weight is 599 g/mol. The molecule has 4 aromatic rings. The standard InChI is InChI=1S/C34H36F2N6O2/c1-3-23-25(35)7-6-20-15-22(43)16-24(26(20)23)30-28(36)31-27-29(38-30)19(2)14-21-17-37-10-13-42(21)32(27)40-33(39-31)44-18-34-8-4-11-41(34)12-5-9-34/h3,6-7,15-16,19,21,37,43H,1,4-5,8-14,17-18H2,2H3/t19-,21?/m1/s1. The second-order valence-electron chi connectivity index (χ2n) is 12.9. The minimum Gasteiger partial charge on any atom is -0.508 e. The molecule has 3 fully saturated rings. The second-order valence-corrected chi connectivity index (χ2v) is 12.9. The Balaban J connectivity index is 1.36. The minimum absolute atomic E-state index is 0.0129. The van der Waals surface area contributed by atoms with Crippen molar-refractivity contribution in [2.24, 2.45) is 0 Å². The van der Waals surface area contributed by atoms with Gasteiger partial charge < -0.3 is 20.1 Å². The molecule has 4 aliphatic rings. The number of piperazine rings is 1. The smallest absolute Gasteiger partial charge is 0.319 e. The Kier molecular flexibility index (Phi) is 6.50. The zero-order chi connectivity index (χ0) is 30.2. The van der Waals surface area contributed by atoms with Crippen molar-refractivity contribution in [2.45, 2.75) is 56.5 Å². The van der Waals surface area contributed by atoms with Gasteiger partial charge in [-0.3, -0.25) is 4.90 Å². The average Bonchev–Trinajstić information content (AvgIpc) is 3.58. The van der Waals surface area contributed by atoms with Gasteiger partial charge in [-0.25, -0.2) is 13.8 Å². The molecule has 228 valence electrons. The van der Waals surface area contributed by atoms with Crippen molar-refractivity contribution in [3.63, 3.8) is 0 Å². The molecule has 8 nitrogen and oxygen atoms in total. The summed E-state index contributed by atoms with van der Waals surface area (Å²) in [5, 5.41) is 15.8. The van der Waals surface area contributed by atoms with Crippen LogP contribution in [-0.4, -0.2) is 75.9 Å². The maximum absolute atomic E-state index is 17.0. The summed E-state index contributed by atoms with van der Waals surface area (Å²) >= 11 is 0. The molecule has 2 aromatic heterocycles. The Hall–Kier alpha value is -3.89. The highest BCUT2D eigenvalue weighted by Gasteiger charge is 2.45. The number of aromatic nitrogens is 3. The molecular formula is C34H36F2N6O2. The van der Waals surface area contributed by atoms with Crippen molar-refractivity contribution < 1.29 is 18.6 Å². The lowest BCUT2D eigenvalue weighted by Crippen LogP contribution is -2.51.